The van der Waals surface area contributed by atoms with Gasteiger partial charge in [0.1, 0.15) is 18.3 Å². The molecule has 1 aromatic carbocycles. The Bertz CT molecular complexity index is 671. The van der Waals surface area contributed by atoms with E-state index < -0.39 is 34.1 Å². The molecular weight excluding hydrogens is 310 g/mol. The number of carbonyl (C=O) groups excluding carboxylic acids is 1. The van der Waals surface area contributed by atoms with Crippen LogP contribution in [0.4, 0.5) is 0 Å². The van der Waals surface area contributed by atoms with E-state index in [1.54, 1.807) is 12.1 Å². The summed E-state index contributed by atoms with van der Waals surface area (Å²) in [5.41, 5.74) is 0. The van der Waals surface area contributed by atoms with Gasteiger partial charge in [0.25, 0.3) is 0 Å². The van der Waals surface area contributed by atoms with Crippen molar-refractivity contribution in [1.82, 2.24) is 4.31 Å². The van der Waals surface area contributed by atoms with Gasteiger partial charge in [0.15, 0.2) is 0 Å². The Hall–Kier alpha value is -1.64. The number of ether oxygens (including phenoxy) is 2. The van der Waals surface area contributed by atoms with Crippen molar-refractivity contribution < 1.29 is 27.8 Å². The number of cyclic esters (lactones) is 1. The van der Waals surface area contributed by atoms with Gasteiger partial charge in [0.2, 0.25) is 10.0 Å². The number of sulfonamides is 1. The summed E-state index contributed by atoms with van der Waals surface area (Å²) in [4.78, 5) is 11.7. The van der Waals surface area contributed by atoms with Crippen molar-refractivity contribution in [3.8, 4) is 5.75 Å². The standard InChI is InChI=1S/C14H17NO6S/c1-2-20-9-3-5-10(6-4-9)22(18,19)15-7-12(16)13-11(15)8-21-14(13)17/h3-6,11-13,16H,2,7-8H2,1H3/t11-,12-,13+/m0/s1. The Morgan fingerprint density at radius 3 is 2.68 bits per heavy atom. The third-order valence-corrected chi connectivity index (χ3v) is 5.88. The summed E-state index contributed by atoms with van der Waals surface area (Å²) in [6.07, 6.45) is -1.03. The summed E-state index contributed by atoms with van der Waals surface area (Å²) in [5.74, 6) is -0.750. The smallest absolute Gasteiger partial charge is 0.313 e. The molecule has 2 aliphatic rings. The third kappa shape index (κ3) is 2.37. The van der Waals surface area contributed by atoms with Crippen molar-refractivity contribution >= 4 is 16.0 Å². The van der Waals surface area contributed by atoms with Crippen LogP contribution in [0.25, 0.3) is 0 Å². The van der Waals surface area contributed by atoms with Crippen molar-refractivity contribution in [2.45, 2.75) is 24.0 Å². The number of hydrogen-bond acceptors (Lipinski definition) is 6. The molecule has 0 bridgehead atoms. The molecule has 0 unspecified atom stereocenters. The monoisotopic (exact) mass is 327 g/mol. The van der Waals surface area contributed by atoms with Crippen LogP contribution in [0.3, 0.4) is 0 Å². The lowest BCUT2D eigenvalue weighted by molar-refractivity contribution is -0.143. The van der Waals surface area contributed by atoms with E-state index in [1.165, 1.54) is 12.1 Å². The molecule has 0 aliphatic carbocycles. The molecule has 0 aromatic heterocycles. The second-order valence-corrected chi connectivity index (χ2v) is 7.16. The van der Waals surface area contributed by atoms with E-state index in [0.717, 1.165) is 4.31 Å². The first-order valence-corrected chi connectivity index (χ1v) is 8.48. The summed E-state index contributed by atoms with van der Waals surface area (Å²) < 4.78 is 36.7. The van der Waals surface area contributed by atoms with Gasteiger partial charge in [0.05, 0.1) is 23.6 Å². The van der Waals surface area contributed by atoms with Gasteiger partial charge in [-0.1, -0.05) is 0 Å². The van der Waals surface area contributed by atoms with E-state index in [2.05, 4.69) is 0 Å². The number of benzene rings is 1. The summed E-state index contributed by atoms with van der Waals surface area (Å²) in [6.45, 7) is 2.22. The summed E-state index contributed by atoms with van der Waals surface area (Å²) in [5, 5.41) is 9.94. The molecule has 0 spiro atoms. The highest BCUT2D eigenvalue weighted by atomic mass is 32.2. The van der Waals surface area contributed by atoms with Crippen LogP contribution in [0.1, 0.15) is 6.92 Å². The van der Waals surface area contributed by atoms with Gasteiger partial charge in [-0.2, -0.15) is 4.31 Å². The average Bonchev–Trinajstić information content (AvgIpc) is 3.02. The first kappa shape index (κ1) is 15.3. The van der Waals surface area contributed by atoms with Gasteiger partial charge >= 0.3 is 5.97 Å². The highest BCUT2D eigenvalue weighted by molar-refractivity contribution is 7.89. The lowest BCUT2D eigenvalue weighted by atomic mass is 10.0. The summed E-state index contributed by atoms with van der Waals surface area (Å²) >= 11 is 0. The molecule has 0 amide bonds. The van der Waals surface area contributed by atoms with Gasteiger partial charge in [-0.3, -0.25) is 4.79 Å². The molecule has 1 N–H and O–H groups in total. The Morgan fingerprint density at radius 2 is 2.05 bits per heavy atom. The van der Waals surface area contributed by atoms with Crippen molar-refractivity contribution in [3.63, 3.8) is 0 Å². The number of carbonyl (C=O) groups is 1. The fourth-order valence-electron chi connectivity index (χ4n) is 2.92. The quantitative estimate of drug-likeness (QED) is 0.782. The van der Waals surface area contributed by atoms with E-state index in [4.69, 9.17) is 9.47 Å². The fraction of sp³-hybridized carbons (Fsp3) is 0.500. The third-order valence-electron chi connectivity index (χ3n) is 3.98. The normalized spacial score (nSPS) is 28.5. The largest absolute Gasteiger partial charge is 0.494 e. The Morgan fingerprint density at radius 1 is 1.36 bits per heavy atom. The Kier molecular flexibility index (Phi) is 3.84. The molecule has 2 fully saturated rings. The summed E-state index contributed by atoms with van der Waals surface area (Å²) in [6, 6.07) is 5.43. The van der Waals surface area contributed by atoms with E-state index in [1.807, 2.05) is 6.92 Å². The minimum absolute atomic E-state index is 0.0170. The lowest BCUT2D eigenvalue weighted by Crippen LogP contribution is -2.38. The number of nitrogens with zero attached hydrogens (tertiary/aromatic N) is 1. The zero-order valence-electron chi connectivity index (χ0n) is 12.0. The predicted octanol–water partition coefficient (Wildman–Crippen LogP) is -0.00790. The SMILES string of the molecule is CCOc1ccc(S(=O)(=O)N2C[C@H](O)[C@@H]3C(=O)OC[C@@H]32)cc1. The van der Waals surface area contributed by atoms with Crippen molar-refractivity contribution in [1.29, 1.82) is 0 Å². The van der Waals surface area contributed by atoms with Crippen LogP contribution >= 0.6 is 0 Å². The molecule has 2 saturated heterocycles. The molecule has 120 valence electrons. The maximum absolute atomic E-state index is 12.7. The minimum Gasteiger partial charge on any atom is -0.494 e. The van der Waals surface area contributed by atoms with Crippen LogP contribution in [0.15, 0.2) is 29.2 Å². The van der Waals surface area contributed by atoms with E-state index in [9.17, 15) is 18.3 Å². The number of hydrogen-bond donors (Lipinski definition) is 1. The molecule has 3 atom stereocenters. The minimum atomic E-state index is -3.80. The Balaban J connectivity index is 1.88. The van der Waals surface area contributed by atoms with Gasteiger partial charge in [-0.25, -0.2) is 8.42 Å². The second-order valence-electron chi connectivity index (χ2n) is 5.27. The van der Waals surface area contributed by atoms with Gasteiger partial charge in [0, 0.05) is 6.54 Å². The highest BCUT2D eigenvalue weighted by Crippen LogP contribution is 2.35. The molecule has 8 heteroatoms. The highest BCUT2D eigenvalue weighted by Gasteiger charge is 2.54. The van der Waals surface area contributed by atoms with Crippen LogP contribution in [-0.4, -0.2) is 55.7 Å². The predicted molar refractivity (Wildman–Crippen MR) is 75.7 cm³/mol. The van der Waals surface area contributed by atoms with Crippen LogP contribution in [0.5, 0.6) is 5.75 Å². The van der Waals surface area contributed by atoms with Crippen molar-refractivity contribution in [3.05, 3.63) is 24.3 Å². The number of aliphatic hydroxyl groups is 1. The average molecular weight is 327 g/mol. The lowest BCUT2D eigenvalue weighted by Gasteiger charge is -2.21. The summed E-state index contributed by atoms with van der Waals surface area (Å²) in [7, 11) is -3.80. The Labute approximate surface area is 128 Å². The number of rotatable bonds is 4. The molecule has 2 heterocycles. The van der Waals surface area contributed by atoms with Crippen LogP contribution in [0.2, 0.25) is 0 Å². The van der Waals surface area contributed by atoms with Crippen LogP contribution < -0.4 is 4.74 Å². The molecular formula is C14H17NO6S. The molecule has 2 aliphatic heterocycles. The van der Waals surface area contributed by atoms with Gasteiger partial charge in [-0.15, -0.1) is 0 Å². The number of fused-ring (bicyclic) bond motifs is 1. The fourth-order valence-corrected chi connectivity index (χ4v) is 4.57. The zero-order valence-corrected chi connectivity index (χ0v) is 12.8. The topological polar surface area (TPSA) is 93.1 Å². The van der Waals surface area contributed by atoms with Crippen molar-refractivity contribution in [2.75, 3.05) is 19.8 Å². The van der Waals surface area contributed by atoms with Crippen molar-refractivity contribution in [2.24, 2.45) is 5.92 Å². The van der Waals surface area contributed by atoms with E-state index >= 15 is 0 Å². The number of aliphatic hydroxyl groups excluding tert-OH is 1. The van der Waals surface area contributed by atoms with Gasteiger partial charge in [-0.05, 0) is 31.2 Å². The molecule has 22 heavy (non-hydrogen) atoms. The maximum Gasteiger partial charge on any atom is 0.313 e. The second kappa shape index (κ2) is 5.53. The maximum atomic E-state index is 12.7. The van der Waals surface area contributed by atoms with E-state index in [0.29, 0.717) is 12.4 Å². The van der Waals surface area contributed by atoms with Gasteiger partial charge < -0.3 is 14.6 Å². The first-order valence-electron chi connectivity index (χ1n) is 7.04. The molecule has 0 radical (unpaired) electrons. The van der Waals surface area contributed by atoms with Crippen LogP contribution in [-0.2, 0) is 19.6 Å². The number of esters is 1. The molecule has 3 rings (SSSR count). The molecule has 0 saturated carbocycles. The number of β-amino-alcohol motifs (C(OH)–C–C–N with tert-alkyl or cyclic N) is 1. The molecule has 1 aromatic rings. The first-order chi connectivity index (χ1) is 10.4. The van der Waals surface area contributed by atoms with E-state index in [-0.39, 0.29) is 18.0 Å². The molecule has 7 nitrogen and oxygen atoms in total. The van der Waals surface area contributed by atoms with Crippen LogP contribution in [0, 0.1) is 5.92 Å². The zero-order chi connectivity index (χ0) is 15.9.